The molecule has 3 amide bonds. The molecule has 0 spiro atoms. The first-order valence-corrected chi connectivity index (χ1v) is 16.2. The van der Waals surface area contributed by atoms with Crippen molar-refractivity contribution in [1.29, 1.82) is 0 Å². The predicted octanol–water partition coefficient (Wildman–Crippen LogP) is 4.54. The molecule has 2 aromatic carbocycles. The molecule has 1 aliphatic rings. The zero-order chi connectivity index (χ0) is 35.7. The van der Waals surface area contributed by atoms with Crippen molar-refractivity contribution in [3.05, 3.63) is 96.5 Å². The van der Waals surface area contributed by atoms with E-state index in [9.17, 15) is 23.6 Å². The Hall–Kier alpha value is -4.97. The highest BCUT2D eigenvalue weighted by molar-refractivity contribution is 5.94. The number of H-pyrrole nitrogens is 1. The highest BCUT2D eigenvalue weighted by Gasteiger charge is 2.45. The Balaban J connectivity index is 1.69. The van der Waals surface area contributed by atoms with Gasteiger partial charge in [-0.2, -0.15) is 0 Å². The number of esters is 1. The van der Waals surface area contributed by atoms with Crippen LogP contribution in [-0.4, -0.2) is 83.9 Å². The molecule has 0 bridgehead atoms. The number of hydrogen-bond acceptors (Lipinski definition) is 7. The number of carbonyl (C=O) groups excluding carboxylic acids is 4. The second-order valence-electron chi connectivity index (χ2n) is 12.9. The van der Waals surface area contributed by atoms with Crippen LogP contribution in [-0.2, 0) is 47.9 Å². The molecule has 12 heteroatoms. The summed E-state index contributed by atoms with van der Waals surface area (Å²) in [4.78, 5) is 58.9. The van der Waals surface area contributed by atoms with Gasteiger partial charge in [0.2, 0.25) is 11.8 Å². The van der Waals surface area contributed by atoms with Crippen LogP contribution in [0.1, 0.15) is 43.9 Å². The van der Waals surface area contributed by atoms with E-state index in [1.54, 1.807) is 45.2 Å². The van der Waals surface area contributed by atoms with E-state index in [1.165, 1.54) is 24.1 Å². The van der Waals surface area contributed by atoms with Crippen LogP contribution in [0.25, 0.3) is 10.9 Å². The van der Waals surface area contributed by atoms with Crippen LogP contribution in [0.15, 0.2) is 74.0 Å². The minimum Gasteiger partial charge on any atom is -0.467 e. The number of alkyl carbamates (subject to hydrolysis) is 1. The van der Waals surface area contributed by atoms with Gasteiger partial charge in [0.1, 0.15) is 23.5 Å². The summed E-state index contributed by atoms with van der Waals surface area (Å²) in [5.74, 6) is -2.35. The van der Waals surface area contributed by atoms with Gasteiger partial charge >= 0.3 is 12.1 Å². The van der Waals surface area contributed by atoms with E-state index >= 15 is 0 Å². The van der Waals surface area contributed by atoms with E-state index in [0.29, 0.717) is 29.3 Å². The van der Waals surface area contributed by atoms with E-state index in [4.69, 9.17) is 14.2 Å². The molecule has 11 nitrogen and oxygen atoms in total. The molecule has 262 valence electrons. The molecule has 49 heavy (non-hydrogen) atoms. The third kappa shape index (κ3) is 9.79. The summed E-state index contributed by atoms with van der Waals surface area (Å²) < 4.78 is 30.6. The number of nitrogens with one attached hydrogen (secondary N) is 3. The minimum absolute atomic E-state index is 0.0510. The number of benzene rings is 2. The number of amides is 3. The molecule has 1 fully saturated rings. The maximum atomic E-state index is 14.4. The third-order valence-corrected chi connectivity index (χ3v) is 8.08. The first-order chi connectivity index (χ1) is 23.3. The lowest BCUT2D eigenvalue weighted by atomic mass is 10.00. The lowest BCUT2D eigenvalue weighted by molar-refractivity contribution is -0.155. The van der Waals surface area contributed by atoms with Crippen molar-refractivity contribution in [3.8, 4) is 0 Å². The predicted molar refractivity (Wildman–Crippen MR) is 183 cm³/mol. The Bertz CT molecular complexity index is 1680. The van der Waals surface area contributed by atoms with Crippen LogP contribution in [0.3, 0.4) is 0 Å². The summed E-state index contributed by atoms with van der Waals surface area (Å²) in [6.45, 7) is 12.9. The van der Waals surface area contributed by atoms with Crippen LogP contribution < -0.4 is 10.6 Å². The number of methoxy groups -OCH3 is 1. The number of ether oxygens (including phenoxy) is 3. The molecular weight excluding hydrogens is 631 g/mol. The average molecular weight is 677 g/mol. The highest BCUT2D eigenvalue weighted by atomic mass is 19.1. The van der Waals surface area contributed by atoms with E-state index in [2.05, 4.69) is 28.8 Å². The van der Waals surface area contributed by atoms with Gasteiger partial charge in [0, 0.05) is 36.5 Å². The zero-order valence-electron chi connectivity index (χ0n) is 28.4. The summed E-state index contributed by atoms with van der Waals surface area (Å²) in [6, 6.07) is 8.33. The molecule has 1 saturated heterocycles. The van der Waals surface area contributed by atoms with Crippen LogP contribution in [0.4, 0.5) is 9.18 Å². The van der Waals surface area contributed by atoms with E-state index in [1.807, 2.05) is 24.3 Å². The largest absolute Gasteiger partial charge is 0.467 e. The molecule has 2 heterocycles. The van der Waals surface area contributed by atoms with E-state index < -0.39 is 59.5 Å². The number of hydrogen-bond donors (Lipinski definition) is 3. The summed E-state index contributed by atoms with van der Waals surface area (Å²) in [6.07, 6.45) is 4.49. The second-order valence-corrected chi connectivity index (χ2v) is 12.9. The minimum atomic E-state index is -1.23. The SMILES string of the molecule is C=CCO[C@H]1CCN(C(=O)[C@H](Cc2c[nH]c3ccc(F)cc23)NC(=O)[C@H](Cc2cccc(CC=C)c2)NC(=O)OC(C)(C)C)[C@@H]1C(=O)OC. The quantitative estimate of drug-likeness (QED) is 0.168. The molecule has 1 aliphatic heterocycles. The Kier molecular flexibility index (Phi) is 12.4. The number of fused-ring (bicyclic) bond motifs is 1. The maximum Gasteiger partial charge on any atom is 0.408 e. The molecule has 0 unspecified atom stereocenters. The van der Waals surface area contributed by atoms with E-state index in [-0.39, 0.29) is 26.0 Å². The molecule has 0 aliphatic carbocycles. The maximum absolute atomic E-state index is 14.4. The molecule has 0 radical (unpaired) electrons. The van der Waals surface area contributed by atoms with E-state index in [0.717, 1.165) is 11.1 Å². The Morgan fingerprint density at radius 2 is 1.80 bits per heavy atom. The van der Waals surface area contributed by atoms with Crippen molar-refractivity contribution in [2.24, 2.45) is 0 Å². The van der Waals surface area contributed by atoms with Crippen molar-refractivity contribution in [2.75, 3.05) is 20.3 Å². The number of halogens is 1. The Morgan fingerprint density at radius 1 is 1.04 bits per heavy atom. The highest BCUT2D eigenvalue weighted by Crippen LogP contribution is 2.26. The van der Waals surface area contributed by atoms with Crippen molar-refractivity contribution >= 4 is 34.8 Å². The van der Waals surface area contributed by atoms with Crippen LogP contribution in [0.5, 0.6) is 0 Å². The summed E-state index contributed by atoms with van der Waals surface area (Å²) in [5, 5.41) is 6.05. The number of rotatable bonds is 14. The van der Waals surface area contributed by atoms with Crippen LogP contribution >= 0.6 is 0 Å². The first-order valence-electron chi connectivity index (χ1n) is 16.2. The normalized spacial score (nSPS) is 17.2. The number of carbonyl (C=O) groups is 4. The summed E-state index contributed by atoms with van der Waals surface area (Å²) >= 11 is 0. The molecular formula is C37H45FN4O7. The van der Waals surface area contributed by atoms with Gasteiger partial charge in [-0.25, -0.2) is 14.0 Å². The topological polar surface area (TPSA) is 139 Å². The van der Waals surface area contributed by atoms with Crippen LogP contribution in [0, 0.1) is 5.82 Å². The molecule has 4 rings (SSSR count). The van der Waals surface area contributed by atoms with Crippen molar-refractivity contribution in [1.82, 2.24) is 20.5 Å². The molecule has 3 aromatic rings. The third-order valence-electron chi connectivity index (χ3n) is 8.08. The molecule has 1 aromatic heterocycles. The Morgan fingerprint density at radius 3 is 2.49 bits per heavy atom. The van der Waals surface area contributed by atoms with Crippen molar-refractivity contribution < 1.29 is 37.8 Å². The lowest BCUT2D eigenvalue weighted by Crippen LogP contribution is -2.58. The number of allylic oxidation sites excluding steroid dienone is 1. The van der Waals surface area contributed by atoms with Gasteiger partial charge in [-0.15, -0.1) is 13.2 Å². The van der Waals surface area contributed by atoms with Gasteiger partial charge in [-0.3, -0.25) is 9.59 Å². The van der Waals surface area contributed by atoms with Gasteiger partial charge < -0.3 is 34.7 Å². The second kappa shape index (κ2) is 16.4. The smallest absolute Gasteiger partial charge is 0.408 e. The number of likely N-dealkylation sites (tertiary alicyclic amines) is 1. The van der Waals surface area contributed by atoms with Gasteiger partial charge in [-0.05, 0) is 68.5 Å². The van der Waals surface area contributed by atoms with Crippen molar-refractivity contribution in [2.45, 2.75) is 76.3 Å². The van der Waals surface area contributed by atoms with Gasteiger partial charge in [-0.1, -0.05) is 36.4 Å². The monoisotopic (exact) mass is 676 g/mol. The number of aromatic amines is 1. The average Bonchev–Trinajstić information content (AvgIpc) is 3.65. The zero-order valence-corrected chi connectivity index (χ0v) is 28.4. The summed E-state index contributed by atoms with van der Waals surface area (Å²) in [7, 11) is 1.23. The van der Waals surface area contributed by atoms with Gasteiger partial charge in [0.25, 0.3) is 0 Å². The number of aromatic nitrogens is 1. The Labute approximate surface area is 285 Å². The fourth-order valence-electron chi connectivity index (χ4n) is 5.93. The van der Waals surface area contributed by atoms with Crippen LogP contribution in [0.2, 0.25) is 0 Å². The molecule has 4 atom stereocenters. The standard InChI is InChI=1S/C37H45FN4O7/c1-7-10-23-11-9-12-24(18-23)19-29(41-36(46)49-37(3,4)5)33(43)40-30(20-25-22-39-28-14-13-26(38)21-27(25)28)34(44)42-16-15-31(48-17-8-2)32(42)35(45)47-6/h7-9,11-14,18,21-22,29-32,39H,1-2,10,15-17,19-20H2,3-6H3,(H,40,43)(H,41,46)/t29-,30-,31-,32-/m0/s1. The molecule has 3 N–H and O–H groups in total. The number of nitrogens with zero attached hydrogens (tertiary/aromatic N) is 1. The summed E-state index contributed by atoms with van der Waals surface area (Å²) in [5.41, 5.74) is 2.11. The van der Waals surface area contributed by atoms with Crippen molar-refractivity contribution in [3.63, 3.8) is 0 Å². The fraction of sp³-hybridized carbons (Fsp3) is 0.405. The lowest BCUT2D eigenvalue weighted by Gasteiger charge is -2.30. The first kappa shape index (κ1) is 36.9. The van der Waals surface area contributed by atoms with Gasteiger partial charge in [0.15, 0.2) is 6.04 Å². The fourth-order valence-corrected chi connectivity index (χ4v) is 5.93. The van der Waals surface area contributed by atoms with Gasteiger partial charge in [0.05, 0.1) is 19.8 Å². The molecule has 0 saturated carbocycles.